The van der Waals surface area contributed by atoms with Crippen molar-refractivity contribution in [1.29, 1.82) is 0 Å². The summed E-state index contributed by atoms with van der Waals surface area (Å²) in [5.41, 5.74) is 2.47. The van der Waals surface area contributed by atoms with Crippen molar-refractivity contribution in [1.82, 2.24) is 4.90 Å². The highest BCUT2D eigenvalue weighted by atomic mass is 19.1. The zero-order chi connectivity index (χ0) is 19.2. The Morgan fingerprint density at radius 2 is 1.96 bits per heavy atom. The van der Waals surface area contributed by atoms with Crippen LogP contribution >= 0.6 is 0 Å². The van der Waals surface area contributed by atoms with Gasteiger partial charge in [0, 0.05) is 25.2 Å². The number of halogens is 1. The van der Waals surface area contributed by atoms with Crippen molar-refractivity contribution in [3.05, 3.63) is 67.0 Å². The highest BCUT2D eigenvalue weighted by Crippen LogP contribution is 2.24. The van der Waals surface area contributed by atoms with Gasteiger partial charge in [-0.1, -0.05) is 30.3 Å². The first kappa shape index (κ1) is 18.8. The Labute approximate surface area is 158 Å². The maximum atomic E-state index is 13.1. The van der Waals surface area contributed by atoms with Gasteiger partial charge in [0.05, 0.1) is 5.92 Å². The van der Waals surface area contributed by atoms with Crippen LogP contribution < -0.4 is 5.32 Å². The number of likely N-dealkylation sites (tertiary alicyclic amines) is 1. The van der Waals surface area contributed by atoms with E-state index >= 15 is 0 Å². The van der Waals surface area contributed by atoms with E-state index in [2.05, 4.69) is 11.9 Å². The van der Waals surface area contributed by atoms with E-state index in [0.29, 0.717) is 25.2 Å². The Bertz CT molecular complexity index is 832. The van der Waals surface area contributed by atoms with Gasteiger partial charge in [0.25, 0.3) is 0 Å². The fraction of sp³-hybridized carbons (Fsp3) is 0.273. The fourth-order valence-corrected chi connectivity index (χ4v) is 3.33. The monoisotopic (exact) mass is 366 g/mol. The van der Waals surface area contributed by atoms with Crippen molar-refractivity contribution < 1.29 is 14.0 Å². The van der Waals surface area contributed by atoms with Gasteiger partial charge in [-0.15, -0.1) is 6.58 Å². The second-order valence-electron chi connectivity index (χ2n) is 6.75. The highest BCUT2D eigenvalue weighted by molar-refractivity contribution is 5.94. The maximum Gasteiger partial charge on any atom is 0.229 e. The maximum absolute atomic E-state index is 13.1. The number of piperidine rings is 1. The van der Waals surface area contributed by atoms with Gasteiger partial charge in [-0.2, -0.15) is 0 Å². The normalized spacial score (nSPS) is 16.6. The van der Waals surface area contributed by atoms with Gasteiger partial charge in [0.2, 0.25) is 11.8 Å². The minimum Gasteiger partial charge on any atom is -0.342 e. The minimum absolute atomic E-state index is 0.0146. The van der Waals surface area contributed by atoms with Crippen LogP contribution in [0.4, 0.5) is 10.1 Å². The van der Waals surface area contributed by atoms with Gasteiger partial charge in [-0.25, -0.2) is 4.39 Å². The summed E-state index contributed by atoms with van der Waals surface area (Å²) in [7, 11) is 0. The third kappa shape index (κ3) is 4.82. The van der Waals surface area contributed by atoms with E-state index in [4.69, 9.17) is 0 Å². The molecule has 2 aromatic rings. The lowest BCUT2D eigenvalue weighted by molar-refractivity contribution is -0.133. The van der Waals surface area contributed by atoms with Crippen LogP contribution in [0.1, 0.15) is 19.3 Å². The van der Waals surface area contributed by atoms with Crippen LogP contribution in [0.3, 0.4) is 0 Å². The van der Waals surface area contributed by atoms with Crippen molar-refractivity contribution in [2.45, 2.75) is 19.3 Å². The molecule has 1 atom stereocenters. The van der Waals surface area contributed by atoms with Crippen molar-refractivity contribution in [2.24, 2.45) is 5.92 Å². The second-order valence-corrected chi connectivity index (χ2v) is 6.75. The van der Waals surface area contributed by atoms with Crippen molar-refractivity contribution in [3.63, 3.8) is 0 Å². The van der Waals surface area contributed by atoms with E-state index in [1.807, 2.05) is 24.3 Å². The van der Waals surface area contributed by atoms with Crippen molar-refractivity contribution in [2.75, 3.05) is 18.4 Å². The molecule has 140 valence electrons. The Morgan fingerprint density at radius 3 is 2.70 bits per heavy atom. The highest BCUT2D eigenvalue weighted by Gasteiger charge is 2.27. The average molecular weight is 366 g/mol. The molecule has 1 fully saturated rings. The lowest BCUT2D eigenvalue weighted by Crippen LogP contribution is -2.43. The number of rotatable bonds is 5. The van der Waals surface area contributed by atoms with Crippen molar-refractivity contribution >= 4 is 17.5 Å². The molecule has 5 heteroatoms. The Kier molecular flexibility index (Phi) is 6.01. The Hall–Kier alpha value is -2.95. The average Bonchev–Trinajstić information content (AvgIpc) is 2.69. The summed E-state index contributed by atoms with van der Waals surface area (Å²) in [6, 6.07) is 13.7. The lowest BCUT2D eigenvalue weighted by atomic mass is 9.96. The van der Waals surface area contributed by atoms with Crippen molar-refractivity contribution in [3.8, 4) is 11.1 Å². The summed E-state index contributed by atoms with van der Waals surface area (Å²) >= 11 is 0. The molecule has 0 aromatic heterocycles. The molecule has 0 spiro atoms. The van der Waals surface area contributed by atoms with E-state index in [9.17, 15) is 14.0 Å². The summed E-state index contributed by atoms with van der Waals surface area (Å²) in [6.07, 6.45) is 3.47. The van der Waals surface area contributed by atoms with Gasteiger partial charge in [-0.05, 0) is 48.2 Å². The molecule has 4 nitrogen and oxygen atoms in total. The largest absolute Gasteiger partial charge is 0.342 e. The predicted molar refractivity (Wildman–Crippen MR) is 105 cm³/mol. The molecule has 0 bridgehead atoms. The lowest BCUT2D eigenvalue weighted by Gasteiger charge is -2.32. The molecule has 0 radical (unpaired) electrons. The van der Waals surface area contributed by atoms with Gasteiger partial charge in [0.15, 0.2) is 0 Å². The molecule has 2 aromatic carbocycles. The number of amides is 2. The number of carbonyl (C=O) groups excluding carboxylic acids is 2. The van der Waals surface area contributed by atoms with Crippen LogP contribution in [0.25, 0.3) is 11.1 Å². The Morgan fingerprint density at radius 1 is 1.19 bits per heavy atom. The van der Waals surface area contributed by atoms with Gasteiger partial charge in [0.1, 0.15) is 5.82 Å². The molecule has 0 saturated carbocycles. The van der Waals surface area contributed by atoms with Crippen LogP contribution in [0.2, 0.25) is 0 Å². The number of nitrogens with one attached hydrogen (secondary N) is 1. The van der Waals surface area contributed by atoms with E-state index in [-0.39, 0.29) is 23.5 Å². The zero-order valence-electron chi connectivity index (χ0n) is 15.2. The SMILES string of the molecule is C=CCC(=O)N1CCC[C@H](C(=O)Nc2cccc(-c3ccc(F)cc3)c2)C1. The number of nitrogens with zero attached hydrogens (tertiary/aromatic N) is 1. The topological polar surface area (TPSA) is 49.4 Å². The molecule has 1 aliphatic rings. The number of hydrogen-bond donors (Lipinski definition) is 1. The van der Waals surface area contributed by atoms with Crippen LogP contribution in [0.5, 0.6) is 0 Å². The molecule has 1 saturated heterocycles. The van der Waals surface area contributed by atoms with Crippen LogP contribution in [-0.2, 0) is 9.59 Å². The third-order valence-corrected chi connectivity index (χ3v) is 4.77. The summed E-state index contributed by atoms with van der Waals surface area (Å²) in [5.74, 6) is -0.568. The quantitative estimate of drug-likeness (QED) is 0.805. The standard InChI is InChI=1S/C22H23FN2O2/c1-2-5-21(26)25-13-4-7-18(15-25)22(27)24-20-8-3-6-17(14-20)16-9-11-19(23)12-10-16/h2-3,6,8-12,14,18H,1,4-5,7,13,15H2,(H,24,27)/t18-/m0/s1. The minimum atomic E-state index is -0.281. The molecule has 27 heavy (non-hydrogen) atoms. The molecule has 1 N–H and O–H groups in total. The summed E-state index contributed by atoms with van der Waals surface area (Å²) in [6.45, 7) is 4.73. The Balaban J connectivity index is 1.67. The fourth-order valence-electron chi connectivity index (χ4n) is 3.33. The number of benzene rings is 2. The summed E-state index contributed by atoms with van der Waals surface area (Å²) in [5, 5.41) is 2.95. The van der Waals surface area contributed by atoms with E-state index in [0.717, 1.165) is 24.0 Å². The summed E-state index contributed by atoms with van der Waals surface area (Å²) in [4.78, 5) is 26.5. The zero-order valence-corrected chi connectivity index (χ0v) is 15.2. The first-order valence-electron chi connectivity index (χ1n) is 9.12. The molecule has 0 unspecified atom stereocenters. The molecular formula is C22H23FN2O2. The number of carbonyl (C=O) groups is 2. The van der Waals surface area contributed by atoms with E-state index < -0.39 is 0 Å². The van der Waals surface area contributed by atoms with E-state index in [1.165, 1.54) is 12.1 Å². The molecule has 2 amide bonds. The van der Waals surface area contributed by atoms with E-state index in [1.54, 1.807) is 23.1 Å². The third-order valence-electron chi connectivity index (χ3n) is 4.77. The van der Waals surface area contributed by atoms with Gasteiger partial charge < -0.3 is 10.2 Å². The molecule has 1 heterocycles. The molecule has 3 rings (SSSR count). The molecule has 1 aliphatic heterocycles. The van der Waals surface area contributed by atoms with Gasteiger partial charge >= 0.3 is 0 Å². The predicted octanol–water partition coefficient (Wildman–Crippen LogP) is 4.25. The van der Waals surface area contributed by atoms with Crippen LogP contribution in [0.15, 0.2) is 61.2 Å². The molecule has 0 aliphatic carbocycles. The first-order valence-corrected chi connectivity index (χ1v) is 9.12. The summed E-state index contributed by atoms with van der Waals surface area (Å²) < 4.78 is 13.1. The van der Waals surface area contributed by atoms with Gasteiger partial charge in [-0.3, -0.25) is 9.59 Å². The number of anilines is 1. The number of hydrogen-bond acceptors (Lipinski definition) is 2. The van der Waals surface area contributed by atoms with Crippen LogP contribution in [-0.4, -0.2) is 29.8 Å². The van der Waals surface area contributed by atoms with Crippen LogP contribution in [0, 0.1) is 11.7 Å². The smallest absolute Gasteiger partial charge is 0.229 e. The molecular weight excluding hydrogens is 343 g/mol. The second kappa shape index (κ2) is 8.62. The first-order chi connectivity index (χ1) is 13.1.